The molecule has 0 aromatic heterocycles. The zero-order valence-electron chi connectivity index (χ0n) is 17.3. The van der Waals surface area contributed by atoms with Crippen molar-refractivity contribution in [3.05, 3.63) is 0 Å². The molecular weight excluding hydrogens is 380 g/mol. The molecule has 0 unspecified atom stereocenters. The van der Waals surface area contributed by atoms with E-state index in [-0.39, 0.29) is 35.4 Å². The quantitative estimate of drug-likeness (QED) is 0.483. The van der Waals surface area contributed by atoms with Crippen LogP contribution in [0, 0.1) is 29.1 Å². The third-order valence-corrected chi connectivity index (χ3v) is 8.19. The summed E-state index contributed by atoms with van der Waals surface area (Å²) >= 11 is 0. The van der Waals surface area contributed by atoms with Crippen LogP contribution in [0.4, 0.5) is 0 Å². The number of esters is 1. The molecule has 0 aromatic rings. The van der Waals surface area contributed by atoms with Crippen LogP contribution in [0.15, 0.2) is 0 Å². The molecule has 2 saturated carbocycles. The fraction of sp³-hybridized carbons (Fsp3) is 0.952. The topological polar surface area (TPSA) is 126 Å². The standard InChI is InChI=1S/C21H34O8/c1-9-6-13-11(10(2)19(26)27-13)7-21(3)12(9)4-5-15(21)29-20-18(25)17(24)16(23)14(8-22)28-20/h9-18,20,22-25H,4-8H2,1-3H3/t9-,10+,11+,12+,13+,14-,15+,16-,17+,18-,20+,21-/m1/s1. The van der Waals surface area contributed by atoms with E-state index < -0.39 is 37.3 Å². The Morgan fingerprint density at radius 3 is 2.55 bits per heavy atom. The Morgan fingerprint density at radius 1 is 1.14 bits per heavy atom. The average molecular weight is 414 g/mol. The van der Waals surface area contributed by atoms with Gasteiger partial charge >= 0.3 is 5.97 Å². The molecule has 8 heteroatoms. The van der Waals surface area contributed by atoms with Gasteiger partial charge < -0.3 is 34.6 Å². The number of aliphatic hydroxyl groups excluding tert-OH is 4. The Morgan fingerprint density at radius 2 is 1.86 bits per heavy atom. The minimum absolute atomic E-state index is 0.0529. The van der Waals surface area contributed by atoms with Crippen LogP contribution in [0.25, 0.3) is 0 Å². The van der Waals surface area contributed by atoms with Crippen molar-refractivity contribution in [1.82, 2.24) is 0 Å². The maximum Gasteiger partial charge on any atom is 0.309 e. The van der Waals surface area contributed by atoms with Crippen molar-refractivity contribution in [2.75, 3.05) is 6.61 Å². The number of rotatable bonds is 3. The first-order valence-corrected chi connectivity index (χ1v) is 10.8. The lowest BCUT2D eigenvalue weighted by molar-refractivity contribution is -0.318. The van der Waals surface area contributed by atoms with Crippen LogP contribution in [0.5, 0.6) is 0 Å². The Labute approximate surface area is 171 Å². The van der Waals surface area contributed by atoms with Gasteiger partial charge in [0.05, 0.1) is 18.6 Å². The molecule has 0 bridgehead atoms. The van der Waals surface area contributed by atoms with Crippen LogP contribution in [-0.4, -0.2) is 75.9 Å². The minimum Gasteiger partial charge on any atom is -0.462 e. The molecule has 0 radical (unpaired) electrons. The molecule has 4 rings (SSSR count). The van der Waals surface area contributed by atoms with Crippen LogP contribution in [0.2, 0.25) is 0 Å². The zero-order valence-corrected chi connectivity index (χ0v) is 17.3. The molecule has 29 heavy (non-hydrogen) atoms. The van der Waals surface area contributed by atoms with Crippen molar-refractivity contribution in [2.24, 2.45) is 29.1 Å². The number of fused-ring (bicyclic) bond motifs is 2. The van der Waals surface area contributed by atoms with Crippen molar-refractivity contribution < 1.29 is 39.4 Å². The second kappa shape index (κ2) is 7.73. The lowest BCUT2D eigenvalue weighted by atomic mass is 9.69. The third-order valence-electron chi connectivity index (χ3n) is 8.19. The first kappa shape index (κ1) is 21.5. The Bertz CT molecular complexity index is 626. The summed E-state index contributed by atoms with van der Waals surface area (Å²) in [7, 11) is 0. The first-order chi connectivity index (χ1) is 13.7. The van der Waals surface area contributed by atoms with E-state index >= 15 is 0 Å². The van der Waals surface area contributed by atoms with Crippen molar-refractivity contribution in [1.29, 1.82) is 0 Å². The number of aliphatic hydroxyl groups is 4. The number of ether oxygens (including phenoxy) is 3. The number of hydrogen-bond donors (Lipinski definition) is 4. The molecule has 8 nitrogen and oxygen atoms in total. The summed E-state index contributed by atoms with van der Waals surface area (Å²) in [5.41, 5.74) is -0.222. The minimum atomic E-state index is -1.45. The normalized spacial score (nSPS) is 55.1. The SMILES string of the molecule is C[C@@H]1C[C@@H]2OC(=O)[C@@H](C)[C@@H]2C[C@@]2(C)[C@@H](O[C@@H]3O[C@H](CO)[C@@H](O)[C@H](O)[C@H]3O)CC[C@@H]12. The highest BCUT2D eigenvalue weighted by Crippen LogP contribution is 2.58. The van der Waals surface area contributed by atoms with Gasteiger partial charge in [-0.3, -0.25) is 4.79 Å². The predicted molar refractivity (Wildman–Crippen MR) is 100 cm³/mol. The molecule has 2 aliphatic carbocycles. The van der Waals surface area contributed by atoms with Crippen molar-refractivity contribution in [2.45, 2.75) is 89.4 Å². The van der Waals surface area contributed by atoms with Crippen LogP contribution in [-0.2, 0) is 19.0 Å². The van der Waals surface area contributed by atoms with Crippen LogP contribution in [0.1, 0.15) is 46.5 Å². The van der Waals surface area contributed by atoms with E-state index in [0.717, 1.165) is 25.7 Å². The third kappa shape index (κ3) is 3.42. The highest BCUT2D eigenvalue weighted by Gasteiger charge is 2.58. The smallest absolute Gasteiger partial charge is 0.309 e. The summed E-state index contributed by atoms with van der Waals surface area (Å²) < 4.78 is 17.5. The molecule has 4 fully saturated rings. The zero-order chi connectivity index (χ0) is 21.1. The van der Waals surface area contributed by atoms with Gasteiger partial charge in [0, 0.05) is 5.92 Å². The fourth-order valence-electron chi connectivity index (χ4n) is 6.42. The van der Waals surface area contributed by atoms with Crippen molar-refractivity contribution in [3.8, 4) is 0 Å². The van der Waals surface area contributed by atoms with E-state index in [1.807, 2.05) is 6.92 Å². The number of hydrogen-bond acceptors (Lipinski definition) is 8. The average Bonchev–Trinajstić information content (AvgIpc) is 3.09. The fourth-order valence-corrected chi connectivity index (χ4v) is 6.42. The predicted octanol–water partition coefficient (Wildman–Crippen LogP) is 0.195. The molecular formula is C21H34O8. The van der Waals surface area contributed by atoms with Gasteiger partial charge in [-0.2, -0.15) is 0 Å². The van der Waals surface area contributed by atoms with E-state index in [9.17, 15) is 25.2 Å². The number of carbonyl (C=O) groups excluding carboxylic acids is 1. The Hall–Kier alpha value is -0.770. The van der Waals surface area contributed by atoms with Crippen LogP contribution >= 0.6 is 0 Å². The Balaban J connectivity index is 1.55. The van der Waals surface area contributed by atoms with Gasteiger partial charge in [0.1, 0.15) is 30.5 Å². The number of carbonyl (C=O) groups is 1. The molecule has 2 aliphatic heterocycles. The highest BCUT2D eigenvalue weighted by atomic mass is 16.7. The van der Waals surface area contributed by atoms with Crippen LogP contribution < -0.4 is 0 Å². The van der Waals surface area contributed by atoms with Gasteiger partial charge in [-0.05, 0) is 42.9 Å². The van der Waals surface area contributed by atoms with E-state index in [2.05, 4.69) is 13.8 Å². The summed E-state index contributed by atoms with van der Waals surface area (Å²) in [5.74, 6) is 0.638. The summed E-state index contributed by atoms with van der Waals surface area (Å²) in [5, 5.41) is 39.9. The maximum atomic E-state index is 12.2. The van der Waals surface area contributed by atoms with E-state index in [1.165, 1.54) is 0 Å². The molecule has 4 aliphatic rings. The molecule has 0 spiro atoms. The summed E-state index contributed by atoms with van der Waals surface area (Å²) in [6.07, 6.45) is -3.22. The largest absolute Gasteiger partial charge is 0.462 e. The van der Waals surface area contributed by atoms with Gasteiger partial charge in [0.25, 0.3) is 0 Å². The molecule has 2 saturated heterocycles. The highest BCUT2D eigenvalue weighted by molar-refractivity contribution is 5.74. The van der Waals surface area contributed by atoms with Gasteiger partial charge in [-0.1, -0.05) is 20.8 Å². The van der Waals surface area contributed by atoms with Crippen LogP contribution in [0.3, 0.4) is 0 Å². The lowest BCUT2D eigenvalue weighted by Gasteiger charge is -2.44. The van der Waals surface area contributed by atoms with E-state index in [0.29, 0.717) is 11.8 Å². The second-order valence-corrected chi connectivity index (χ2v) is 9.86. The van der Waals surface area contributed by atoms with E-state index in [4.69, 9.17) is 14.2 Å². The summed E-state index contributed by atoms with van der Waals surface area (Å²) in [6.45, 7) is 5.85. The van der Waals surface area contributed by atoms with E-state index in [1.54, 1.807) is 0 Å². The molecule has 166 valence electrons. The molecule has 0 aromatic carbocycles. The lowest BCUT2D eigenvalue weighted by Crippen LogP contribution is -2.60. The van der Waals surface area contributed by atoms with Crippen molar-refractivity contribution >= 4 is 5.97 Å². The molecule has 0 amide bonds. The summed E-state index contributed by atoms with van der Waals surface area (Å²) in [6, 6.07) is 0. The van der Waals surface area contributed by atoms with Gasteiger partial charge in [0.2, 0.25) is 0 Å². The van der Waals surface area contributed by atoms with Gasteiger partial charge in [-0.25, -0.2) is 0 Å². The molecule has 2 heterocycles. The van der Waals surface area contributed by atoms with Gasteiger partial charge in [-0.15, -0.1) is 0 Å². The first-order valence-electron chi connectivity index (χ1n) is 10.8. The summed E-state index contributed by atoms with van der Waals surface area (Å²) in [4.78, 5) is 12.2. The van der Waals surface area contributed by atoms with Crippen molar-refractivity contribution in [3.63, 3.8) is 0 Å². The molecule has 12 atom stereocenters. The molecule has 4 N–H and O–H groups in total. The monoisotopic (exact) mass is 414 g/mol. The Kier molecular flexibility index (Phi) is 5.72. The maximum absolute atomic E-state index is 12.2. The second-order valence-electron chi connectivity index (χ2n) is 9.86. The van der Waals surface area contributed by atoms with Gasteiger partial charge in [0.15, 0.2) is 6.29 Å².